The van der Waals surface area contributed by atoms with Crippen LogP contribution in [0.2, 0.25) is 0 Å². The van der Waals surface area contributed by atoms with Crippen molar-refractivity contribution in [2.24, 2.45) is 0 Å². The van der Waals surface area contributed by atoms with Crippen molar-refractivity contribution >= 4 is 23.2 Å². The molecule has 1 aliphatic heterocycles. The minimum absolute atomic E-state index is 0.00176. The van der Waals surface area contributed by atoms with Gasteiger partial charge in [0.15, 0.2) is 6.61 Å². The van der Waals surface area contributed by atoms with Crippen molar-refractivity contribution in [3.8, 4) is 5.75 Å². The molecule has 0 atom stereocenters. The van der Waals surface area contributed by atoms with E-state index >= 15 is 0 Å². The Labute approximate surface area is 132 Å². The number of rotatable bonds is 3. The molecule has 118 valence electrons. The van der Waals surface area contributed by atoms with Crippen molar-refractivity contribution in [3.05, 3.63) is 53.8 Å². The van der Waals surface area contributed by atoms with Gasteiger partial charge in [0, 0.05) is 12.2 Å². The maximum atomic E-state index is 13.7. The largest absolute Gasteiger partial charge is 0.482 e. The van der Waals surface area contributed by atoms with Crippen LogP contribution < -0.4 is 15.0 Å². The van der Waals surface area contributed by atoms with E-state index in [1.165, 1.54) is 18.2 Å². The first kappa shape index (κ1) is 15.0. The van der Waals surface area contributed by atoms with Gasteiger partial charge in [0.05, 0.1) is 11.3 Å². The first-order chi connectivity index (χ1) is 11.1. The molecular formula is C17H15FN2O3. The highest BCUT2D eigenvalue weighted by atomic mass is 19.1. The van der Waals surface area contributed by atoms with E-state index in [1.807, 2.05) is 6.92 Å². The Balaban J connectivity index is 1.88. The zero-order chi connectivity index (χ0) is 16.4. The van der Waals surface area contributed by atoms with Gasteiger partial charge >= 0.3 is 0 Å². The van der Waals surface area contributed by atoms with Gasteiger partial charge in [-0.2, -0.15) is 0 Å². The van der Waals surface area contributed by atoms with Crippen LogP contribution in [0.3, 0.4) is 0 Å². The summed E-state index contributed by atoms with van der Waals surface area (Å²) in [5.74, 6) is -0.696. The highest BCUT2D eigenvalue weighted by Gasteiger charge is 2.24. The summed E-state index contributed by atoms with van der Waals surface area (Å²) in [4.78, 5) is 25.6. The number of likely N-dealkylation sites (N-methyl/N-ethyl adjacent to an activating group) is 1. The number of benzene rings is 2. The van der Waals surface area contributed by atoms with Gasteiger partial charge in [-0.05, 0) is 37.3 Å². The second kappa shape index (κ2) is 6.08. The van der Waals surface area contributed by atoms with Crippen molar-refractivity contribution in [3.63, 3.8) is 0 Å². The smallest absolute Gasteiger partial charge is 0.265 e. The minimum atomic E-state index is -0.586. The van der Waals surface area contributed by atoms with E-state index in [0.29, 0.717) is 23.7 Å². The van der Waals surface area contributed by atoms with E-state index in [0.717, 1.165) is 0 Å². The topological polar surface area (TPSA) is 58.6 Å². The number of carbonyl (C=O) groups excluding carboxylic acids is 2. The number of hydrogen-bond acceptors (Lipinski definition) is 3. The molecule has 0 saturated carbocycles. The summed E-state index contributed by atoms with van der Waals surface area (Å²) in [5.41, 5.74) is 1.02. The Kier molecular flexibility index (Phi) is 3.97. The van der Waals surface area contributed by atoms with Crippen LogP contribution in [-0.4, -0.2) is 25.0 Å². The Morgan fingerprint density at radius 1 is 1.30 bits per heavy atom. The van der Waals surface area contributed by atoms with Crippen LogP contribution in [0.25, 0.3) is 0 Å². The van der Waals surface area contributed by atoms with Crippen LogP contribution in [0, 0.1) is 5.82 Å². The fourth-order valence-electron chi connectivity index (χ4n) is 2.47. The molecule has 6 heteroatoms. The number of amides is 2. The summed E-state index contributed by atoms with van der Waals surface area (Å²) < 4.78 is 19.0. The van der Waals surface area contributed by atoms with Gasteiger partial charge in [0.1, 0.15) is 11.6 Å². The molecule has 1 heterocycles. The van der Waals surface area contributed by atoms with Crippen molar-refractivity contribution in [1.29, 1.82) is 0 Å². The lowest BCUT2D eigenvalue weighted by Crippen LogP contribution is -2.38. The van der Waals surface area contributed by atoms with Crippen LogP contribution in [0.5, 0.6) is 5.75 Å². The molecule has 0 aliphatic carbocycles. The highest BCUT2D eigenvalue weighted by Crippen LogP contribution is 2.34. The molecule has 0 fully saturated rings. The van der Waals surface area contributed by atoms with E-state index in [9.17, 15) is 14.0 Å². The Morgan fingerprint density at radius 3 is 2.83 bits per heavy atom. The molecule has 1 N–H and O–H groups in total. The summed E-state index contributed by atoms with van der Waals surface area (Å²) in [5, 5.41) is 2.64. The number of nitrogens with zero attached hydrogens (tertiary/aromatic N) is 1. The molecule has 0 unspecified atom stereocenters. The fraction of sp³-hybridized carbons (Fsp3) is 0.176. The molecule has 1 aliphatic rings. The SMILES string of the molecule is CCN1C(=O)COc2ccc(NC(=O)c3ccccc3F)cc21. The number of nitrogens with one attached hydrogen (secondary N) is 1. The Bertz CT molecular complexity index is 776. The molecular weight excluding hydrogens is 299 g/mol. The van der Waals surface area contributed by atoms with Crippen molar-refractivity contribution < 1.29 is 18.7 Å². The third kappa shape index (κ3) is 2.88. The van der Waals surface area contributed by atoms with Crippen LogP contribution in [0.1, 0.15) is 17.3 Å². The molecule has 2 amide bonds. The predicted octanol–water partition coefficient (Wildman–Crippen LogP) is 2.82. The normalized spacial score (nSPS) is 13.3. The van der Waals surface area contributed by atoms with E-state index < -0.39 is 11.7 Å². The van der Waals surface area contributed by atoms with E-state index in [-0.39, 0.29) is 18.1 Å². The first-order valence-corrected chi connectivity index (χ1v) is 7.23. The van der Waals surface area contributed by atoms with Gasteiger partial charge in [-0.1, -0.05) is 12.1 Å². The molecule has 3 rings (SSSR count). The second-order valence-electron chi connectivity index (χ2n) is 5.04. The average molecular weight is 314 g/mol. The monoisotopic (exact) mass is 314 g/mol. The number of carbonyl (C=O) groups is 2. The highest BCUT2D eigenvalue weighted by molar-refractivity contribution is 6.05. The molecule has 0 saturated heterocycles. The van der Waals surface area contributed by atoms with Crippen LogP contribution in [0.15, 0.2) is 42.5 Å². The summed E-state index contributed by atoms with van der Waals surface area (Å²) in [6.45, 7) is 2.36. The standard InChI is InChI=1S/C17H15FN2O3/c1-2-20-14-9-11(7-8-15(14)23-10-16(20)21)19-17(22)12-5-3-4-6-13(12)18/h3-9H,2,10H2,1H3,(H,19,22). The first-order valence-electron chi connectivity index (χ1n) is 7.23. The third-order valence-electron chi connectivity index (χ3n) is 3.59. The number of ether oxygens (including phenoxy) is 1. The maximum Gasteiger partial charge on any atom is 0.265 e. The van der Waals surface area contributed by atoms with Gasteiger partial charge in [-0.25, -0.2) is 4.39 Å². The summed E-state index contributed by atoms with van der Waals surface area (Å²) in [7, 11) is 0. The molecule has 0 aromatic heterocycles. The van der Waals surface area contributed by atoms with Crippen LogP contribution >= 0.6 is 0 Å². The maximum absolute atomic E-state index is 13.7. The molecule has 0 bridgehead atoms. The lowest BCUT2D eigenvalue weighted by molar-refractivity contribution is -0.121. The fourth-order valence-corrected chi connectivity index (χ4v) is 2.47. The van der Waals surface area contributed by atoms with E-state index in [4.69, 9.17) is 4.74 Å². The number of anilines is 2. The summed E-state index contributed by atoms with van der Waals surface area (Å²) in [6, 6.07) is 10.7. The van der Waals surface area contributed by atoms with Crippen molar-refractivity contribution in [1.82, 2.24) is 0 Å². The molecule has 2 aromatic rings. The molecule has 0 spiro atoms. The van der Waals surface area contributed by atoms with Crippen LogP contribution in [-0.2, 0) is 4.79 Å². The van der Waals surface area contributed by atoms with Crippen LogP contribution in [0.4, 0.5) is 15.8 Å². The number of hydrogen-bond donors (Lipinski definition) is 1. The zero-order valence-electron chi connectivity index (χ0n) is 12.5. The summed E-state index contributed by atoms with van der Waals surface area (Å²) >= 11 is 0. The minimum Gasteiger partial charge on any atom is -0.482 e. The van der Waals surface area contributed by atoms with Crippen molar-refractivity contribution in [2.75, 3.05) is 23.4 Å². The van der Waals surface area contributed by atoms with Gasteiger partial charge in [-0.15, -0.1) is 0 Å². The Morgan fingerprint density at radius 2 is 2.09 bits per heavy atom. The quantitative estimate of drug-likeness (QED) is 0.948. The van der Waals surface area contributed by atoms with E-state index in [1.54, 1.807) is 29.2 Å². The van der Waals surface area contributed by atoms with Gasteiger partial charge in [-0.3, -0.25) is 9.59 Å². The lowest BCUT2D eigenvalue weighted by Gasteiger charge is -2.28. The predicted molar refractivity (Wildman–Crippen MR) is 84.3 cm³/mol. The lowest BCUT2D eigenvalue weighted by atomic mass is 10.1. The zero-order valence-corrected chi connectivity index (χ0v) is 12.5. The Hall–Kier alpha value is -2.89. The molecule has 5 nitrogen and oxygen atoms in total. The molecule has 0 radical (unpaired) electrons. The van der Waals surface area contributed by atoms with Gasteiger partial charge < -0.3 is 15.0 Å². The molecule has 2 aromatic carbocycles. The number of fused-ring (bicyclic) bond motifs is 1. The average Bonchev–Trinajstić information content (AvgIpc) is 2.55. The van der Waals surface area contributed by atoms with E-state index in [2.05, 4.69) is 5.32 Å². The number of halogens is 1. The molecule has 23 heavy (non-hydrogen) atoms. The summed E-state index contributed by atoms with van der Waals surface area (Å²) in [6.07, 6.45) is 0. The van der Waals surface area contributed by atoms with Crippen molar-refractivity contribution in [2.45, 2.75) is 6.92 Å². The van der Waals surface area contributed by atoms with Gasteiger partial charge in [0.2, 0.25) is 0 Å². The second-order valence-corrected chi connectivity index (χ2v) is 5.04. The third-order valence-corrected chi connectivity index (χ3v) is 3.59. The van der Waals surface area contributed by atoms with Gasteiger partial charge in [0.25, 0.3) is 11.8 Å².